The molecule has 0 unspecified atom stereocenters. The van der Waals surface area contributed by atoms with Crippen molar-refractivity contribution in [2.45, 2.75) is 62.7 Å². The maximum Gasteiger partial charge on any atom is 0.310 e. The minimum Gasteiger partial charge on any atom is -0.460 e. The standard InChI is InChI=1S/C26H33BrO5S2/c1-18-5-12-22(13-6-18)34(29,30)31-17-20-9-14-23(24(20)25(28)32-26(2,3)4)33-16-15-19-7-10-21(27)11-8-19/h5-8,10-13,20,23-24H,9,14-17H2,1-4H3/t20-,23-,24-/m0/s1. The summed E-state index contributed by atoms with van der Waals surface area (Å²) in [6.07, 6.45) is 2.45. The van der Waals surface area contributed by atoms with E-state index in [1.54, 1.807) is 36.0 Å². The molecule has 3 atom stereocenters. The zero-order chi connectivity index (χ0) is 24.9. The summed E-state index contributed by atoms with van der Waals surface area (Å²) in [7, 11) is -3.89. The van der Waals surface area contributed by atoms with E-state index in [0.717, 1.165) is 35.1 Å². The van der Waals surface area contributed by atoms with Crippen LogP contribution < -0.4 is 0 Å². The Hall–Kier alpha value is -1.35. The summed E-state index contributed by atoms with van der Waals surface area (Å²) in [6, 6.07) is 14.8. The molecule has 8 heteroatoms. The molecule has 0 N–H and O–H groups in total. The number of ether oxygens (including phenoxy) is 1. The van der Waals surface area contributed by atoms with Crippen LogP contribution in [-0.2, 0) is 30.3 Å². The summed E-state index contributed by atoms with van der Waals surface area (Å²) in [4.78, 5) is 13.3. The van der Waals surface area contributed by atoms with Crippen molar-refractivity contribution in [1.29, 1.82) is 0 Å². The number of carbonyl (C=O) groups excluding carboxylic acids is 1. The number of halogens is 1. The Labute approximate surface area is 216 Å². The Balaban J connectivity index is 1.66. The normalized spacial score (nSPS) is 20.9. The highest BCUT2D eigenvalue weighted by atomic mass is 79.9. The second kappa shape index (κ2) is 11.6. The molecule has 1 aliphatic carbocycles. The molecule has 0 aromatic heterocycles. The third-order valence-electron chi connectivity index (χ3n) is 5.79. The van der Waals surface area contributed by atoms with Gasteiger partial charge in [-0.05, 0) is 88.5 Å². The van der Waals surface area contributed by atoms with Crippen molar-refractivity contribution in [3.63, 3.8) is 0 Å². The number of carbonyl (C=O) groups is 1. The third-order valence-corrected chi connectivity index (χ3v) is 9.01. The molecule has 186 valence electrons. The first kappa shape index (κ1) is 27.2. The Kier molecular flexibility index (Phi) is 9.29. The van der Waals surface area contributed by atoms with Gasteiger partial charge in [0.05, 0.1) is 17.4 Å². The minimum atomic E-state index is -3.89. The molecule has 1 saturated carbocycles. The molecule has 0 radical (unpaired) electrons. The molecule has 0 aliphatic heterocycles. The van der Waals surface area contributed by atoms with Crippen molar-refractivity contribution in [3.8, 4) is 0 Å². The molecule has 1 fully saturated rings. The lowest BCUT2D eigenvalue weighted by atomic mass is 9.96. The number of rotatable bonds is 9. The van der Waals surface area contributed by atoms with Crippen LogP contribution in [0.15, 0.2) is 57.9 Å². The second-order valence-corrected chi connectivity index (χ2v) is 13.6. The minimum absolute atomic E-state index is 0.0239. The van der Waals surface area contributed by atoms with Gasteiger partial charge in [0.15, 0.2) is 0 Å². The van der Waals surface area contributed by atoms with Crippen LogP contribution >= 0.6 is 27.7 Å². The third kappa shape index (κ3) is 7.83. The smallest absolute Gasteiger partial charge is 0.310 e. The van der Waals surface area contributed by atoms with Crippen LogP contribution in [0.5, 0.6) is 0 Å². The lowest BCUT2D eigenvalue weighted by Crippen LogP contribution is -2.36. The SMILES string of the molecule is Cc1ccc(S(=O)(=O)OC[C@@H]2CC[C@H](SCCc3ccc(Br)cc3)[C@H]2C(=O)OC(C)(C)C)cc1. The van der Waals surface area contributed by atoms with Crippen LogP contribution in [-0.4, -0.2) is 37.6 Å². The summed E-state index contributed by atoms with van der Waals surface area (Å²) >= 11 is 5.22. The average Bonchev–Trinajstić information content (AvgIpc) is 3.16. The van der Waals surface area contributed by atoms with Crippen LogP contribution in [0, 0.1) is 18.8 Å². The van der Waals surface area contributed by atoms with Crippen LogP contribution in [0.1, 0.15) is 44.7 Å². The number of esters is 1. The molecule has 0 heterocycles. The van der Waals surface area contributed by atoms with Crippen molar-refractivity contribution in [1.82, 2.24) is 0 Å². The maximum absolute atomic E-state index is 13.1. The number of thioether (sulfide) groups is 1. The molecule has 3 rings (SSSR count). The Morgan fingerprint density at radius 3 is 2.32 bits per heavy atom. The largest absolute Gasteiger partial charge is 0.460 e. The van der Waals surface area contributed by atoms with Crippen LogP contribution in [0.2, 0.25) is 0 Å². The van der Waals surface area contributed by atoms with E-state index in [2.05, 4.69) is 28.1 Å². The quantitative estimate of drug-likeness (QED) is 0.266. The van der Waals surface area contributed by atoms with Crippen molar-refractivity contribution in [2.75, 3.05) is 12.4 Å². The number of benzene rings is 2. The van der Waals surface area contributed by atoms with E-state index >= 15 is 0 Å². The van der Waals surface area contributed by atoms with Crippen molar-refractivity contribution in [3.05, 3.63) is 64.1 Å². The van der Waals surface area contributed by atoms with Crippen LogP contribution in [0.25, 0.3) is 0 Å². The fourth-order valence-corrected chi connectivity index (χ4v) is 6.78. The van der Waals surface area contributed by atoms with E-state index in [4.69, 9.17) is 8.92 Å². The number of aryl methyl sites for hydroxylation is 2. The zero-order valence-corrected chi connectivity index (χ0v) is 23.3. The lowest BCUT2D eigenvalue weighted by Gasteiger charge is -2.27. The monoisotopic (exact) mass is 568 g/mol. The van der Waals surface area contributed by atoms with Gasteiger partial charge in [0, 0.05) is 9.72 Å². The molecule has 0 spiro atoms. The lowest BCUT2D eigenvalue weighted by molar-refractivity contribution is -0.161. The molecule has 5 nitrogen and oxygen atoms in total. The molecule has 0 amide bonds. The summed E-state index contributed by atoms with van der Waals surface area (Å²) in [5.74, 6) is -0.00371. The molecule has 2 aromatic carbocycles. The average molecular weight is 570 g/mol. The van der Waals surface area contributed by atoms with Gasteiger partial charge in [-0.15, -0.1) is 0 Å². The first-order chi connectivity index (χ1) is 15.9. The summed E-state index contributed by atoms with van der Waals surface area (Å²) in [5, 5.41) is 0.0703. The van der Waals surface area contributed by atoms with E-state index in [-0.39, 0.29) is 28.6 Å². The van der Waals surface area contributed by atoms with Gasteiger partial charge in [0.25, 0.3) is 10.1 Å². The summed E-state index contributed by atoms with van der Waals surface area (Å²) < 4.78 is 37.6. The van der Waals surface area contributed by atoms with Gasteiger partial charge >= 0.3 is 5.97 Å². The van der Waals surface area contributed by atoms with Crippen LogP contribution in [0.3, 0.4) is 0 Å². The highest BCUT2D eigenvalue weighted by molar-refractivity contribution is 9.10. The van der Waals surface area contributed by atoms with Gasteiger partial charge in [-0.3, -0.25) is 8.98 Å². The number of hydrogen-bond donors (Lipinski definition) is 0. The van der Waals surface area contributed by atoms with Crippen molar-refractivity contribution in [2.24, 2.45) is 11.8 Å². The van der Waals surface area contributed by atoms with E-state index < -0.39 is 21.6 Å². The first-order valence-corrected chi connectivity index (χ1v) is 14.7. The molecule has 2 aromatic rings. The fraction of sp³-hybridized carbons (Fsp3) is 0.500. The van der Waals surface area contributed by atoms with Gasteiger partial charge in [-0.2, -0.15) is 20.2 Å². The Bertz CT molecular complexity index is 1060. The van der Waals surface area contributed by atoms with Gasteiger partial charge in [-0.25, -0.2) is 0 Å². The van der Waals surface area contributed by atoms with Gasteiger partial charge < -0.3 is 4.74 Å². The summed E-state index contributed by atoms with van der Waals surface area (Å²) in [5.41, 5.74) is 1.61. The fourth-order valence-electron chi connectivity index (χ4n) is 4.06. The highest BCUT2D eigenvalue weighted by Crippen LogP contribution is 2.41. The van der Waals surface area contributed by atoms with Crippen molar-refractivity contribution >= 4 is 43.8 Å². The molecule has 0 saturated heterocycles. The molecule has 34 heavy (non-hydrogen) atoms. The number of hydrogen-bond acceptors (Lipinski definition) is 6. The zero-order valence-electron chi connectivity index (χ0n) is 20.1. The van der Waals surface area contributed by atoms with E-state index in [9.17, 15) is 13.2 Å². The second-order valence-electron chi connectivity index (χ2n) is 9.73. The highest BCUT2D eigenvalue weighted by Gasteiger charge is 2.44. The molecule has 0 bridgehead atoms. The Morgan fingerprint density at radius 1 is 1.06 bits per heavy atom. The van der Waals surface area contributed by atoms with Gasteiger partial charge in [0.1, 0.15) is 5.60 Å². The van der Waals surface area contributed by atoms with E-state index in [0.29, 0.717) is 0 Å². The molecule has 1 aliphatic rings. The predicted molar refractivity (Wildman–Crippen MR) is 140 cm³/mol. The van der Waals surface area contributed by atoms with Gasteiger partial charge in [0.2, 0.25) is 0 Å². The predicted octanol–water partition coefficient (Wildman–Crippen LogP) is 6.18. The molecular weight excluding hydrogens is 536 g/mol. The topological polar surface area (TPSA) is 69.7 Å². The van der Waals surface area contributed by atoms with E-state index in [1.165, 1.54) is 5.56 Å². The molecular formula is C26H33BrO5S2. The maximum atomic E-state index is 13.1. The first-order valence-electron chi connectivity index (χ1n) is 11.5. The van der Waals surface area contributed by atoms with Crippen LogP contribution in [0.4, 0.5) is 0 Å². The van der Waals surface area contributed by atoms with E-state index in [1.807, 2.05) is 39.8 Å². The van der Waals surface area contributed by atoms with Crippen molar-refractivity contribution < 1.29 is 22.1 Å². The Morgan fingerprint density at radius 2 is 1.71 bits per heavy atom. The summed E-state index contributed by atoms with van der Waals surface area (Å²) in [6.45, 7) is 7.42. The van der Waals surface area contributed by atoms with Gasteiger partial charge in [-0.1, -0.05) is 45.8 Å².